The van der Waals surface area contributed by atoms with Gasteiger partial charge in [-0.15, -0.1) is 0 Å². The topological polar surface area (TPSA) is 211 Å². The first kappa shape index (κ1) is 101. The fourth-order valence-electron chi connectivity index (χ4n) is 23.2. The van der Waals surface area contributed by atoms with Crippen molar-refractivity contribution in [3.63, 3.8) is 0 Å². The third kappa shape index (κ3) is 38.2. The van der Waals surface area contributed by atoms with Crippen LogP contribution in [0.15, 0.2) is 90.6 Å². The Morgan fingerprint density at radius 1 is 0.328 bits per heavy atom. The summed E-state index contributed by atoms with van der Waals surface area (Å²) in [6, 6.07) is 28.8. The Kier molecular flexibility index (Phi) is 48.7. The highest BCUT2D eigenvalue weighted by atomic mass is 15.4. The summed E-state index contributed by atoms with van der Waals surface area (Å²) in [5, 5.41) is 21.1. The van der Waals surface area contributed by atoms with Gasteiger partial charge in [0.2, 0.25) is 0 Å². The van der Waals surface area contributed by atoms with E-state index in [-0.39, 0.29) is 0 Å². The molecule has 13 saturated carbocycles. The van der Waals surface area contributed by atoms with E-state index in [1.165, 1.54) is 423 Å². The molecule has 0 bridgehead atoms. The van der Waals surface area contributed by atoms with E-state index in [4.69, 9.17) is 21.5 Å². The molecule has 0 atom stereocenters. The molecule has 13 fully saturated rings. The van der Waals surface area contributed by atoms with E-state index in [9.17, 15) is 0 Å². The summed E-state index contributed by atoms with van der Waals surface area (Å²) >= 11 is 0. The molecule has 13 aliphatic rings. The summed E-state index contributed by atoms with van der Waals surface area (Å²) in [4.78, 5) is 40.5. The fourth-order valence-corrected chi connectivity index (χ4v) is 23.2. The lowest BCUT2D eigenvalue weighted by Crippen LogP contribution is -2.60. The number of guanidine groups is 6. The third-order valence-electron chi connectivity index (χ3n) is 30.1. The van der Waals surface area contributed by atoms with Crippen LogP contribution < -0.4 is 43.4 Å². The molecule has 0 aromatic heterocycles. The van der Waals surface area contributed by atoms with Crippen molar-refractivity contribution in [2.75, 3.05) is 25.5 Å². The number of aliphatic imine (C=N–C) groups is 6. The maximum absolute atomic E-state index is 5.97. The minimum absolute atomic E-state index is 0.344. The van der Waals surface area contributed by atoms with Gasteiger partial charge < -0.3 is 63.0 Å². The quantitative estimate of drug-likeness (QED) is 0.0488. The summed E-state index contributed by atoms with van der Waals surface area (Å²) in [5.41, 5.74) is 13.5. The first-order valence-corrected chi connectivity index (χ1v) is 54.1. The van der Waals surface area contributed by atoms with Gasteiger partial charge in [-0.2, -0.15) is 0 Å². The fraction of sp³-hybridized carbons (Fsp3) is 0.832. The van der Waals surface area contributed by atoms with Crippen molar-refractivity contribution in [1.29, 1.82) is 0 Å². The van der Waals surface area contributed by atoms with Crippen molar-refractivity contribution in [2.24, 2.45) is 41.4 Å². The van der Waals surface area contributed by atoms with E-state index in [0.29, 0.717) is 66.3 Å². The Bertz CT molecular complexity index is 3120. The van der Waals surface area contributed by atoms with Crippen molar-refractivity contribution in [2.45, 2.75) is 550 Å². The largest absolute Gasteiger partial charge is 0.370 e. The number of anilines is 1. The predicted molar refractivity (Wildman–Crippen MR) is 539 cm³/mol. The van der Waals surface area contributed by atoms with Crippen LogP contribution in [0.5, 0.6) is 0 Å². The van der Waals surface area contributed by atoms with Crippen LogP contribution in [0, 0.1) is 0 Å². The molecule has 708 valence electrons. The average molecular weight is 1730 g/mol. The molecule has 0 heterocycles. The molecule has 18 nitrogen and oxygen atoms in total. The second-order valence-electron chi connectivity index (χ2n) is 41.1. The van der Waals surface area contributed by atoms with E-state index in [0.717, 1.165) is 72.6 Å². The van der Waals surface area contributed by atoms with Crippen LogP contribution in [0.4, 0.5) is 11.4 Å². The number of rotatable bonds is 19. The minimum Gasteiger partial charge on any atom is -0.370 e. The lowest BCUT2D eigenvalue weighted by atomic mass is 9.86. The predicted octanol–water partition coefficient (Wildman–Crippen LogP) is 25.4. The summed E-state index contributed by atoms with van der Waals surface area (Å²) in [7, 11) is 1.89. The molecule has 125 heavy (non-hydrogen) atoms. The summed E-state index contributed by atoms with van der Waals surface area (Å²) in [6.45, 7) is 14.8. The molecule has 10 N–H and O–H groups in total. The zero-order valence-electron chi connectivity index (χ0n) is 81.4. The monoisotopic (exact) mass is 1730 g/mol. The van der Waals surface area contributed by atoms with Crippen LogP contribution in [-0.4, -0.2) is 166 Å². The highest BCUT2D eigenvalue weighted by Crippen LogP contribution is 2.39. The average Bonchev–Trinajstić information content (AvgIpc) is 0.780. The SMILES string of the molecule is C1CCC(N=C(N(C2CCCCC2)C2CCCCC2)N(C2CCCCC2)C2CCCCC2)CC1.C1CCC(N=C(NC2CCCCC2)N(C2CCCCC2)C2CCCCC2)CC1.CCN(CC)C(=NC(C)C)NC(C)C.CN=C(NC1CCCCC1)NC1CCCCC1.NC(=NC1CCCCC1)NC1CCCCC1.NC(=Nc1ccccc1)Nc1ccccc1. The second-order valence-corrected chi connectivity index (χ2v) is 41.1. The maximum Gasteiger partial charge on any atom is 0.198 e. The minimum atomic E-state index is 0.344. The van der Waals surface area contributed by atoms with Gasteiger partial charge in [0, 0.05) is 98.3 Å². The molecule has 15 rings (SSSR count). The first-order valence-electron chi connectivity index (χ1n) is 54.1. The van der Waals surface area contributed by atoms with Gasteiger partial charge in [0.25, 0.3) is 0 Å². The molecule has 0 unspecified atom stereocenters. The van der Waals surface area contributed by atoms with E-state index in [1.807, 2.05) is 67.7 Å². The number of nitrogens with one attached hydrogen (secondary N) is 6. The molecular formula is C107H190N18. The van der Waals surface area contributed by atoms with E-state index >= 15 is 0 Å². The Balaban J connectivity index is 0.000000162. The number of nitrogens with two attached hydrogens (primary N) is 2. The smallest absolute Gasteiger partial charge is 0.198 e. The summed E-state index contributed by atoms with van der Waals surface area (Å²) in [6.07, 6.45) is 90.2. The van der Waals surface area contributed by atoms with Crippen molar-refractivity contribution in [3.8, 4) is 0 Å². The molecule has 0 saturated heterocycles. The second kappa shape index (κ2) is 60.1. The highest BCUT2D eigenvalue weighted by Gasteiger charge is 2.41. The Labute approximate surface area is 766 Å². The molecule has 2 aromatic carbocycles. The van der Waals surface area contributed by atoms with Crippen LogP contribution in [0.3, 0.4) is 0 Å². The molecule has 2 aromatic rings. The van der Waals surface area contributed by atoms with Crippen LogP contribution in [-0.2, 0) is 0 Å². The normalized spacial score (nSPS) is 22.9. The van der Waals surface area contributed by atoms with Crippen molar-refractivity contribution >= 4 is 47.1 Å². The molecular weight excluding hydrogens is 1540 g/mol. The van der Waals surface area contributed by atoms with Gasteiger partial charge >= 0.3 is 0 Å². The zero-order chi connectivity index (χ0) is 87.5. The maximum atomic E-state index is 5.97. The number of nitrogens with zero attached hydrogens (tertiary/aromatic N) is 10. The number of hydrogen-bond donors (Lipinski definition) is 8. The van der Waals surface area contributed by atoms with E-state index in [2.05, 4.69) is 113 Å². The first-order chi connectivity index (χ1) is 61.4. The number of benzene rings is 2. The van der Waals surface area contributed by atoms with Crippen molar-refractivity contribution < 1.29 is 0 Å². The van der Waals surface area contributed by atoms with Crippen LogP contribution in [0.1, 0.15) is 459 Å². The number of hydrogen-bond acceptors (Lipinski definition) is 6. The zero-order valence-corrected chi connectivity index (χ0v) is 81.4. The lowest BCUT2D eigenvalue weighted by Gasteiger charge is -2.52. The highest BCUT2D eigenvalue weighted by molar-refractivity contribution is 5.94. The third-order valence-corrected chi connectivity index (χ3v) is 30.1. The van der Waals surface area contributed by atoms with Gasteiger partial charge in [-0.25, -0.2) is 15.0 Å². The Morgan fingerprint density at radius 3 is 0.952 bits per heavy atom. The van der Waals surface area contributed by atoms with Gasteiger partial charge in [0.15, 0.2) is 35.8 Å². The number of para-hydroxylation sites is 2. The van der Waals surface area contributed by atoms with Gasteiger partial charge in [-0.3, -0.25) is 15.0 Å². The molecule has 0 spiro atoms. The van der Waals surface area contributed by atoms with Crippen molar-refractivity contribution in [1.82, 2.24) is 46.2 Å². The Hall–Kier alpha value is -5.94. The summed E-state index contributed by atoms with van der Waals surface area (Å²) in [5.74, 6) is 6.03. The van der Waals surface area contributed by atoms with Crippen LogP contribution in [0.2, 0.25) is 0 Å². The molecule has 0 radical (unpaired) electrons. The van der Waals surface area contributed by atoms with Crippen molar-refractivity contribution in [3.05, 3.63) is 60.7 Å². The standard InChI is InChI=1S/C31H55N3.C25H45N3.C14H27N3.C13H25N3.C13H13N3.C11H25N3/c1-6-16-26(17-7-1)32-31(33(27-18-8-2-9-19-27)28-20-10-3-11-21-28)34(29-22-12-4-13-23-29)30-24-14-5-15-25-30;1-5-13-21(14-6-1)26-25(27-22-15-7-2-8-16-22)28(23-17-9-3-10-18-23)24-19-11-4-12-20-24;1-15-14(16-12-8-4-2-5-9-12)17-13-10-6-3-7-11-13;2*14-13(15-11-7-3-1-4-8-11)16-12-9-5-2-6-10-12;1-7-14(8-2)11(12-9(3)4)13-10(5)6/h26-30H,1-25H2;21-24H,1-20H2,(H,26,27);12-13H,2-11H2,1H3,(H2,15,16,17);11-12H,1-10H2,(H3,14,15,16);1-10H,(H3,14,15,16);9-10H,7-8H2,1-6H3,(H,12,13). The van der Waals surface area contributed by atoms with Gasteiger partial charge in [0.1, 0.15) is 0 Å². The molecule has 0 amide bonds. The van der Waals surface area contributed by atoms with E-state index < -0.39 is 0 Å². The lowest BCUT2D eigenvalue weighted by molar-refractivity contribution is 0.0911. The van der Waals surface area contributed by atoms with Crippen LogP contribution >= 0.6 is 0 Å². The van der Waals surface area contributed by atoms with E-state index in [1.54, 1.807) is 5.96 Å². The Morgan fingerprint density at radius 2 is 0.624 bits per heavy atom. The molecule has 0 aliphatic heterocycles. The molecule has 18 heteroatoms. The van der Waals surface area contributed by atoms with Crippen LogP contribution in [0.25, 0.3) is 0 Å². The molecule has 13 aliphatic carbocycles. The van der Waals surface area contributed by atoms with Gasteiger partial charge in [-0.1, -0.05) is 287 Å². The van der Waals surface area contributed by atoms with Gasteiger partial charge in [-0.05, 0) is 233 Å². The van der Waals surface area contributed by atoms with Gasteiger partial charge in [0.05, 0.1) is 23.8 Å². The summed E-state index contributed by atoms with van der Waals surface area (Å²) < 4.78 is 0.